The number of ether oxygens (including phenoxy) is 1. The molecule has 0 N–H and O–H groups in total. The number of methoxy groups -OCH3 is 1. The molecule has 2 rings (SSSR count). The topological polar surface area (TPSA) is 53.6 Å². The highest BCUT2D eigenvalue weighted by atomic mass is 16.7. The van der Waals surface area contributed by atoms with E-state index in [1.54, 1.807) is 25.3 Å². The summed E-state index contributed by atoms with van der Waals surface area (Å²) in [5, 5.41) is 0. The minimum absolute atomic E-state index is 0.441. The molecule has 0 fully saturated rings. The Hall–Kier alpha value is -1.91. The summed E-state index contributed by atoms with van der Waals surface area (Å²) in [4.78, 5) is 16.0. The Morgan fingerprint density at radius 1 is 1.36 bits per heavy atom. The molecular weight excluding hydrogens is 186 g/mol. The summed E-state index contributed by atoms with van der Waals surface area (Å²) in [7, 11) is 2.95. The maximum absolute atomic E-state index is 11.2. The van der Waals surface area contributed by atoms with Crippen molar-refractivity contribution in [1.82, 2.24) is 4.73 Å². The van der Waals surface area contributed by atoms with Gasteiger partial charge in [0, 0.05) is 6.07 Å². The molecule has 0 saturated carbocycles. The third-order valence-corrected chi connectivity index (χ3v) is 1.93. The summed E-state index contributed by atoms with van der Waals surface area (Å²) in [6, 6.07) is 5.06. The van der Waals surface area contributed by atoms with Crippen LogP contribution in [0.5, 0.6) is 5.75 Å². The second kappa shape index (κ2) is 3.10. The van der Waals surface area contributed by atoms with E-state index >= 15 is 0 Å². The Bertz CT molecular complexity index is 511. The normalized spacial score (nSPS) is 10.4. The number of hydrogen-bond acceptors (Lipinski definition) is 4. The van der Waals surface area contributed by atoms with Crippen molar-refractivity contribution in [1.29, 1.82) is 0 Å². The van der Waals surface area contributed by atoms with Crippen LogP contribution in [-0.2, 0) is 0 Å². The Kier molecular flexibility index (Phi) is 1.92. The smallest absolute Gasteiger partial charge is 0.453 e. The van der Waals surface area contributed by atoms with Crippen LogP contribution < -0.4 is 15.3 Å². The van der Waals surface area contributed by atoms with Crippen molar-refractivity contribution in [3.8, 4) is 5.75 Å². The first-order chi connectivity index (χ1) is 6.76. The van der Waals surface area contributed by atoms with Crippen molar-refractivity contribution in [2.24, 2.45) is 0 Å². The van der Waals surface area contributed by atoms with Crippen molar-refractivity contribution in [3.05, 3.63) is 28.7 Å². The fourth-order valence-electron chi connectivity index (χ4n) is 1.28. The highest BCUT2D eigenvalue weighted by Gasteiger charge is 2.09. The van der Waals surface area contributed by atoms with E-state index in [9.17, 15) is 4.79 Å². The lowest BCUT2D eigenvalue weighted by Gasteiger charge is -1.99. The lowest BCUT2D eigenvalue weighted by atomic mass is 10.3. The molecule has 0 bridgehead atoms. The summed E-state index contributed by atoms with van der Waals surface area (Å²) in [6.45, 7) is 0. The molecule has 1 aromatic heterocycles. The third kappa shape index (κ3) is 1.14. The molecule has 0 aliphatic rings. The van der Waals surface area contributed by atoms with E-state index in [0.29, 0.717) is 16.8 Å². The molecule has 0 aliphatic heterocycles. The average Bonchev–Trinajstić information content (AvgIpc) is 2.51. The van der Waals surface area contributed by atoms with Crippen molar-refractivity contribution in [2.75, 3.05) is 14.2 Å². The first kappa shape index (κ1) is 8.68. The van der Waals surface area contributed by atoms with E-state index < -0.39 is 5.76 Å². The van der Waals surface area contributed by atoms with E-state index in [1.807, 2.05) is 0 Å². The summed E-state index contributed by atoms with van der Waals surface area (Å²) in [5.74, 6) is 0.0882. The van der Waals surface area contributed by atoms with Crippen molar-refractivity contribution < 1.29 is 14.0 Å². The van der Waals surface area contributed by atoms with E-state index in [4.69, 9.17) is 14.0 Å². The summed E-state index contributed by atoms with van der Waals surface area (Å²) in [5.41, 5.74) is 1.02. The van der Waals surface area contributed by atoms with Gasteiger partial charge in [0.05, 0.1) is 7.11 Å². The van der Waals surface area contributed by atoms with Crippen LogP contribution in [0, 0.1) is 0 Å². The Morgan fingerprint density at radius 2 is 2.14 bits per heavy atom. The van der Waals surface area contributed by atoms with Crippen LogP contribution in [0.1, 0.15) is 0 Å². The molecule has 14 heavy (non-hydrogen) atoms. The van der Waals surface area contributed by atoms with Crippen molar-refractivity contribution in [2.45, 2.75) is 0 Å². The number of hydrogen-bond donors (Lipinski definition) is 0. The molecule has 74 valence electrons. The molecular formula is C9H9NO4. The highest BCUT2D eigenvalue weighted by Crippen LogP contribution is 2.18. The second-order valence-electron chi connectivity index (χ2n) is 2.68. The minimum atomic E-state index is -0.546. The van der Waals surface area contributed by atoms with Gasteiger partial charge in [-0.15, -0.1) is 4.73 Å². The van der Waals surface area contributed by atoms with Crippen LogP contribution in [-0.4, -0.2) is 19.0 Å². The van der Waals surface area contributed by atoms with Crippen LogP contribution in [0.4, 0.5) is 0 Å². The predicted octanol–water partition coefficient (Wildman–Crippen LogP) is 0.661. The van der Waals surface area contributed by atoms with Crippen molar-refractivity contribution in [3.63, 3.8) is 0 Å². The molecule has 5 heteroatoms. The van der Waals surface area contributed by atoms with Crippen LogP contribution in [0.25, 0.3) is 11.1 Å². The Balaban J connectivity index is 2.74. The first-order valence-corrected chi connectivity index (χ1v) is 4.00. The Morgan fingerprint density at radius 3 is 2.79 bits per heavy atom. The first-order valence-electron chi connectivity index (χ1n) is 4.00. The predicted molar refractivity (Wildman–Crippen MR) is 49.5 cm³/mol. The van der Waals surface area contributed by atoms with Crippen LogP contribution >= 0.6 is 0 Å². The fraction of sp³-hybridized carbons (Fsp3) is 0.222. The van der Waals surface area contributed by atoms with Crippen LogP contribution in [0.2, 0.25) is 0 Å². The number of fused-ring (bicyclic) bond motifs is 1. The standard InChI is InChI=1S/C9H9NO4/c1-12-6-3-4-7-8(5-6)14-9(11)10(7)13-2/h3-5H,1-2H3. The molecule has 0 amide bonds. The van der Waals surface area contributed by atoms with Gasteiger partial charge in [-0.05, 0) is 12.1 Å². The molecule has 0 aliphatic carbocycles. The lowest BCUT2D eigenvalue weighted by Crippen LogP contribution is -2.19. The van der Waals surface area contributed by atoms with Gasteiger partial charge in [-0.25, -0.2) is 4.79 Å². The quantitative estimate of drug-likeness (QED) is 0.706. The molecule has 0 saturated heterocycles. The third-order valence-electron chi connectivity index (χ3n) is 1.93. The molecule has 0 radical (unpaired) electrons. The molecule has 1 aromatic carbocycles. The highest BCUT2D eigenvalue weighted by molar-refractivity contribution is 5.74. The molecule has 5 nitrogen and oxygen atoms in total. The maximum atomic E-state index is 11.2. The van der Waals surface area contributed by atoms with Gasteiger partial charge in [0.15, 0.2) is 5.58 Å². The molecule has 1 heterocycles. The number of rotatable bonds is 2. The summed E-state index contributed by atoms with van der Waals surface area (Å²) < 4.78 is 11.0. The van der Waals surface area contributed by atoms with Gasteiger partial charge in [0.25, 0.3) is 0 Å². The molecule has 0 atom stereocenters. The van der Waals surface area contributed by atoms with Gasteiger partial charge < -0.3 is 14.0 Å². The summed E-state index contributed by atoms with van der Waals surface area (Å²) in [6.07, 6.45) is 0. The summed E-state index contributed by atoms with van der Waals surface area (Å²) >= 11 is 0. The molecule has 0 unspecified atom stereocenters. The zero-order valence-electron chi connectivity index (χ0n) is 7.81. The molecule has 2 aromatic rings. The Labute approximate surface area is 79.4 Å². The van der Waals surface area contributed by atoms with E-state index in [1.165, 1.54) is 7.11 Å². The van der Waals surface area contributed by atoms with Gasteiger partial charge >= 0.3 is 5.76 Å². The monoisotopic (exact) mass is 195 g/mol. The van der Waals surface area contributed by atoms with Crippen LogP contribution in [0.3, 0.4) is 0 Å². The average molecular weight is 195 g/mol. The largest absolute Gasteiger partial charge is 0.497 e. The number of oxazole rings is 1. The second-order valence-corrected chi connectivity index (χ2v) is 2.68. The van der Waals surface area contributed by atoms with Crippen LogP contribution in [0.15, 0.2) is 27.4 Å². The lowest BCUT2D eigenvalue weighted by molar-refractivity contribution is 0.155. The van der Waals surface area contributed by atoms with Gasteiger partial charge in [0.1, 0.15) is 18.4 Å². The van der Waals surface area contributed by atoms with E-state index in [-0.39, 0.29) is 0 Å². The number of aromatic nitrogens is 1. The van der Waals surface area contributed by atoms with Crippen molar-refractivity contribution >= 4 is 11.1 Å². The minimum Gasteiger partial charge on any atom is -0.497 e. The maximum Gasteiger partial charge on any atom is 0.453 e. The van der Waals surface area contributed by atoms with Gasteiger partial charge in [-0.2, -0.15) is 0 Å². The van der Waals surface area contributed by atoms with Gasteiger partial charge in [-0.1, -0.05) is 0 Å². The number of benzene rings is 1. The zero-order chi connectivity index (χ0) is 10.1. The number of nitrogens with zero attached hydrogens (tertiary/aromatic N) is 1. The fourth-order valence-corrected chi connectivity index (χ4v) is 1.28. The zero-order valence-corrected chi connectivity index (χ0v) is 7.81. The van der Waals surface area contributed by atoms with Gasteiger partial charge in [-0.3, -0.25) is 0 Å². The van der Waals surface area contributed by atoms with Gasteiger partial charge in [0.2, 0.25) is 0 Å². The van der Waals surface area contributed by atoms with E-state index in [2.05, 4.69) is 0 Å². The SMILES string of the molecule is COc1ccc2c(c1)oc(=O)n2OC. The molecule has 0 spiro atoms. The van der Waals surface area contributed by atoms with E-state index in [0.717, 1.165) is 4.73 Å².